The Morgan fingerprint density at radius 1 is 1.09 bits per heavy atom. The van der Waals surface area contributed by atoms with Crippen LogP contribution in [0.3, 0.4) is 0 Å². The first-order chi connectivity index (χ1) is 11.3. The molecule has 1 aliphatic heterocycles. The Balaban J connectivity index is 1.74. The fourth-order valence-electron chi connectivity index (χ4n) is 2.76. The van der Waals surface area contributed by atoms with Crippen molar-refractivity contribution in [2.75, 3.05) is 4.90 Å². The van der Waals surface area contributed by atoms with E-state index in [0.717, 1.165) is 21.7 Å². The summed E-state index contributed by atoms with van der Waals surface area (Å²) in [4.78, 5) is 16.0. The van der Waals surface area contributed by atoms with Crippen LogP contribution in [0.25, 0.3) is 0 Å². The highest BCUT2D eigenvalue weighted by Gasteiger charge is 2.34. The first kappa shape index (κ1) is 14.1. The molecule has 4 nitrogen and oxygen atoms in total. The van der Waals surface area contributed by atoms with Crippen LogP contribution in [0, 0.1) is 0 Å². The minimum atomic E-state index is -0.257. The number of hydrogen-bond donors (Lipinski definition) is 1. The standard InChI is InChI=1S/C18H15N3OS/c22-18-17(14-10-19-20-11-14)23-16-9-5-4-8-15(16)21(18)12-13-6-2-1-3-7-13/h1-11,17H,12H2,(H,19,20). The first-order valence-corrected chi connectivity index (χ1v) is 8.30. The van der Waals surface area contributed by atoms with Gasteiger partial charge >= 0.3 is 0 Å². The van der Waals surface area contributed by atoms with Gasteiger partial charge in [-0.3, -0.25) is 9.89 Å². The van der Waals surface area contributed by atoms with Gasteiger partial charge in [0.15, 0.2) is 0 Å². The van der Waals surface area contributed by atoms with Crippen molar-refractivity contribution in [3.63, 3.8) is 0 Å². The average Bonchev–Trinajstić information content (AvgIpc) is 3.12. The molecule has 0 saturated heterocycles. The molecule has 0 spiro atoms. The lowest BCUT2D eigenvalue weighted by Gasteiger charge is -2.33. The van der Waals surface area contributed by atoms with Crippen molar-refractivity contribution in [2.45, 2.75) is 16.7 Å². The highest BCUT2D eigenvalue weighted by Crippen LogP contribution is 2.46. The number of para-hydroxylation sites is 1. The van der Waals surface area contributed by atoms with Crippen molar-refractivity contribution in [3.8, 4) is 0 Å². The van der Waals surface area contributed by atoms with Crippen LogP contribution in [0.4, 0.5) is 5.69 Å². The summed E-state index contributed by atoms with van der Waals surface area (Å²) in [5.74, 6) is 0.0963. The Hall–Kier alpha value is -2.53. The Morgan fingerprint density at radius 2 is 1.87 bits per heavy atom. The molecule has 3 aromatic rings. The molecule has 1 aromatic heterocycles. The highest BCUT2D eigenvalue weighted by atomic mass is 32.2. The van der Waals surface area contributed by atoms with E-state index in [1.54, 1.807) is 24.2 Å². The zero-order chi connectivity index (χ0) is 15.6. The first-order valence-electron chi connectivity index (χ1n) is 7.42. The van der Waals surface area contributed by atoms with Gasteiger partial charge in [0.2, 0.25) is 5.91 Å². The predicted octanol–water partition coefficient (Wildman–Crippen LogP) is 3.79. The molecule has 1 aliphatic rings. The molecule has 0 radical (unpaired) electrons. The molecule has 0 aliphatic carbocycles. The van der Waals surface area contributed by atoms with E-state index in [1.807, 2.05) is 53.4 Å². The third-order valence-electron chi connectivity index (χ3n) is 3.90. The van der Waals surface area contributed by atoms with Gasteiger partial charge in [-0.1, -0.05) is 42.5 Å². The van der Waals surface area contributed by atoms with Gasteiger partial charge < -0.3 is 4.90 Å². The quantitative estimate of drug-likeness (QED) is 0.798. The van der Waals surface area contributed by atoms with E-state index in [9.17, 15) is 4.79 Å². The maximum atomic E-state index is 13.1. The molecule has 4 rings (SSSR count). The molecule has 1 amide bonds. The van der Waals surface area contributed by atoms with Crippen molar-refractivity contribution in [3.05, 3.63) is 78.1 Å². The Bertz CT molecular complexity index is 817. The van der Waals surface area contributed by atoms with Gasteiger partial charge in [0, 0.05) is 16.7 Å². The van der Waals surface area contributed by atoms with Crippen molar-refractivity contribution in [1.29, 1.82) is 0 Å². The lowest BCUT2D eigenvalue weighted by molar-refractivity contribution is -0.118. The number of amides is 1. The monoisotopic (exact) mass is 321 g/mol. The second-order valence-electron chi connectivity index (χ2n) is 5.41. The summed E-state index contributed by atoms with van der Waals surface area (Å²) < 4.78 is 0. The van der Waals surface area contributed by atoms with Crippen LogP contribution in [0.5, 0.6) is 0 Å². The smallest absolute Gasteiger partial charge is 0.245 e. The molecule has 1 unspecified atom stereocenters. The van der Waals surface area contributed by atoms with Crippen molar-refractivity contribution in [2.24, 2.45) is 0 Å². The zero-order valence-corrected chi connectivity index (χ0v) is 13.2. The number of aromatic amines is 1. The summed E-state index contributed by atoms with van der Waals surface area (Å²) in [6.07, 6.45) is 3.52. The van der Waals surface area contributed by atoms with Crippen LogP contribution in [-0.2, 0) is 11.3 Å². The number of nitrogens with zero attached hydrogens (tertiary/aromatic N) is 2. The third kappa shape index (κ3) is 2.64. The third-order valence-corrected chi connectivity index (χ3v) is 5.21. The molecule has 2 heterocycles. The van der Waals surface area contributed by atoms with Gasteiger partial charge in [0.05, 0.1) is 18.4 Å². The van der Waals surface area contributed by atoms with Crippen LogP contribution < -0.4 is 4.90 Å². The molecule has 5 heteroatoms. The number of fused-ring (bicyclic) bond motifs is 1. The minimum absolute atomic E-state index is 0.0963. The van der Waals surface area contributed by atoms with Crippen LogP contribution in [0.15, 0.2) is 71.9 Å². The van der Waals surface area contributed by atoms with Crippen LogP contribution in [0.2, 0.25) is 0 Å². The average molecular weight is 321 g/mol. The Kier molecular flexibility index (Phi) is 3.63. The van der Waals surface area contributed by atoms with Crippen molar-refractivity contribution >= 4 is 23.4 Å². The summed E-state index contributed by atoms with van der Waals surface area (Å²) in [7, 11) is 0. The molecule has 114 valence electrons. The van der Waals surface area contributed by atoms with Crippen LogP contribution in [0.1, 0.15) is 16.4 Å². The van der Waals surface area contributed by atoms with E-state index in [4.69, 9.17) is 0 Å². The Morgan fingerprint density at radius 3 is 2.65 bits per heavy atom. The molecule has 1 atom stereocenters. The number of rotatable bonds is 3. The van der Waals surface area contributed by atoms with E-state index < -0.39 is 0 Å². The number of anilines is 1. The zero-order valence-electron chi connectivity index (χ0n) is 12.3. The van der Waals surface area contributed by atoms with E-state index in [2.05, 4.69) is 16.3 Å². The molecule has 0 saturated carbocycles. The number of nitrogens with one attached hydrogen (secondary N) is 1. The number of carbonyl (C=O) groups excluding carboxylic acids is 1. The maximum absolute atomic E-state index is 13.1. The molecule has 23 heavy (non-hydrogen) atoms. The molecule has 0 bridgehead atoms. The molecule has 0 fully saturated rings. The molecule has 2 aromatic carbocycles. The van der Waals surface area contributed by atoms with E-state index in [0.29, 0.717) is 6.54 Å². The van der Waals surface area contributed by atoms with E-state index in [1.165, 1.54) is 0 Å². The summed E-state index contributed by atoms with van der Waals surface area (Å²) in [6.45, 7) is 0.575. The Labute approximate surface area is 138 Å². The van der Waals surface area contributed by atoms with Crippen LogP contribution in [-0.4, -0.2) is 16.1 Å². The van der Waals surface area contributed by atoms with Gasteiger partial charge in [0.1, 0.15) is 5.25 Å². The largest absolute Gasteiger partial charge is 0.306 e. The summed E-state index contributed by atoms with van der Waals surface area (Å²) in [5.41, 5.74) is 3.01. The summed E-state index contributed by atoms with van der Waals surface area (Å²) in [6, 6.07) is 18.1. The van der Waals surface area contributed by atoms with Crippen molar-refractivity contribution in [1.82, 2.24) is 10.2 Å². The van der Waals surface area contributed by atoms with Gasteiger partial charge in [-0.05, 0) is 17.7 Å². The minimum Gasteiger partial charge on any atom is -0.306 e. The van der Waals surface area contributed by atoms with E-state index in [-0.39, 0.29) is 11.2 Å². The fourth-order valence-corrected chi connectivity index (χ4v) is 3.96. The second kappa shape index (κ2) is 5.93. The lowest BCUT2D eigenvalue weighted by Crippen LogP contribution is -2.36. The normalized spacial score (nSPS) is 17.1. The lowest BCUT2D eigenvalue weighted by atomic mass is 10.1. The number of hydrogen-bond acceptors (Lipinski definition) is 3. The fraction of sp³-hybridized carbons (Fsp3) is 0.111. The number of thioether (sulfide) groups is 1. The van der Waals surface area contributed by atoms with Crippen molar-refractivity contribution < 1.29 is 4.79 Å². The predicted molar refractivity (Wildman–Crippen MR) is 91.3 cm³/mol. The second-order valence-corrected chi connectivity index (χ2v) is 6.55. The number of benzene rings is 2. The topological polar surface area (TPSA) is 49.0 Å². The van der Waals surface area contributed by atoms with Gasteiger partial charge in [-0.25, -0.2) is 0 Å². The highest BCUT2D eigenvalue weighted by molar-refractivity contribution is 8.00. The summed E-state index contributed by atoms with van der Waals surface area (Å²) >= 11 is 1.59. The van der Waals surface area contributed by atoms with Gasteiger partial charge in [0.25, 0.3) is 0 Å². The maximum Gasteiger partial charge on any atom is 0.245 e. The molecule has 1 N–H and O–H groups in total. The molecular formula is C18H15N3OS. The number of carbonyl (C=O) groups is 1. The van der Waals surface area contributed by atoms with Gasteiger partial charge in [-0.15, -0.1) is 11.8 Å². The number of H-pyrrole nitrogens is 1. The SMILES string of the molecule is O=C1C(c2cn[nH]c2)Sc2ccccc2N1Cc1ccccc1. The van der Waals surface area contributed by atoms with E-state index >= 15 is 0 Å². The van der Waals surface area contributed by atoms with Crippen LogP contribution >= 0.6 is 11.8 Å². The molecular weight excluding hydrogens is 306 g/mol. The number of aromatic nitrogens is 2. The van der Waals surface area contributed by atoms with Gasteiger partial charge in [-0.2, -0.15) is 5.10 Å². The summed E-state index contributed by atoms with van der Waals surface area (Å²) in [5, 5.41) is 6.53.